The van der Waals surface area contributed by atoms with Crippen LogP contribution in [0, 0.1) is 52.3 Å². The number of carbonyl (C=O) groups excluding carboxylic acids is 1. The van der Waals surface area contributed by atoms with Gasteiger partial charge in [0.15, 0.2) is 0 Å². The van der Waals surface area contributed by atoms with Crippen LogP contribution in [0.5, 0.6) is 0 Å². The third-order valence-corrected chi connectivity index (χ3v) is 16.1. The molecule has 2 aromatic rings. The van der Waals surface area contributed by atoms with Crippen molar-refractivity contribution in [1.82, 2.24) is 10.0 Å². The summed E-state index contributed by atoms with van der Waals surface area (Å²) in [6.45, 7) is 9.85. The second kappa shape index (κ2) is 12.6. The average molecular weight is 657 g/mol. The van der Waals surface area contributed by atoms with Crippen LogP contribution in [-0.2, 0) is 10.0 Å². The molecule has 1 heterocycles. The molecule has 1 unspecified atom stereocenters. The van der Waals surface area contributed by atoms with E-state index >= 15 is 0 Å². The molecule has 4 aliphatic carbocycles. The van der Waals surface area contributed by atoms with Gasteiger partial charge in [0.1, 0.15) is 4.21 Å². The SMILES string of the molecule is CC[C@H]1[C@@H](O)[C@@H]2[C@H](CC[C@]3(C)C([C@H](C)CCNC(=O)NS(=O)(=O)c4ccc(-c5ccccc5)s4)CC[C@@H]23)[C@@]2(C)CC[C@@H](O)C[C@@H]12. The number of rotatable bonds is 8. The van der Waals surface area contributed by atoms with Gasteiger partial charge in [-0.3, -0.25) is 0 Å². The van der Waals surface area contributed by atoms with Gasteiger partial charge in [0.25, 0.3) is 10.0 Å². The first-order valence-electron chi connectivity index (χ1n) is 17.2. The molecule has 4 aliphatic rings. The fraction of sp³-hybridized carbons (Fsp3) is 0.694. The normalized spacial score (nSPS) is 38.4. The zero-order chi connectivity index (χ0) is 32.1. The van der Waals surface area contributed by atoms with Gasteiger partial charge in [0.2, 0.25) is 0 Å². The minimum Gasteiger partial charge on any atom is -0.393 e. The van der Waals surface area contributed by atoms with Gasteiger partial charge in [0.05, 0.1) is 12.2 Å². The fourth-order valence-electron chi connectivity index (χ4n) is 11.0. The van der Waals surface area contributed by atoms with Gasteiger partial charge in [-0.2, -0.15) is 0 Å². The van der Waals surface area contributed by atoms with Gasteiger partial charge >= 0.3 is 6.03 Å². The maximum atomic E-state index is 12.9. The molecule has 0 saturated heterocycles. The predicted molar refractivity (Wildman–Crippen MR) is 179 cm³/mol. The molecular weight excluding hydrogens is 605 g/mol. The van der Waals surface area contributed by atoms with Gasteiger partial charge in [-0.1, -0.05) is 64.4 Å². The predicted octanol–water partition coefficient (Wildman–Crippen LogP) is 7.06. The van der Waals surface area contributed by atoms with Crippen LogP contribution in [-0.4, -0.2) is 43.4 Å². The highest BCUT2D eigenvalue weighted by molar-refractivity contribution is 7.92. The quantitative estimate of drug-likeness (QED) is 0.243. The van der Waals surface area contributed by atoms with E-state index in [4.69, 9.17) is 0 Å². The Kier molecular flexibility index (Phi) is 9.22. The molecule has 4 saturated carbocycles. The zero-order valence-electron chi connectivity index (χ0n) is 27.2. The Hall–Kier alpha value is -1.94. The van der Waals surface area contributed by atoms with Crippen LogP contribution in [0.2, 0.25) is 0 Å². The van der Waals surface area contributed by atoms with E-state index in [2.05, 4.69) is 37.7 Å². The van der Waals surface area contributed by atoms with Crippen molar-refractivity contribution in [3.05, 3.63) is 42.5 Å². The van der Waals surface area contributed by atoms with Crippen LogP contribution < -0.4 is 10.0 Å². The molecule has 1 aromatic carbocycles. The number of amides is 2. The topological polar surface area (TPSA) is 116 Å². The monoisotopic (exact) mass is 656 g/mol. The molecule has 1 aromatic heterocycles. The number of nitrogens with one attached hydrogen (secondary N) is 2. The van der Waals surface area contributed by atoms with E-state index in [0.29, 0.717) is 42.1 Å². The van der Waals surface area contributed by atoms with Crippen LogP contribution in [0.1, 0.15) is 85.5 Å². The van der Waals surface area contributed by atoms with Gasteiger partial charge in [0, 0.05) is 11.4 Å². The summed E-state index contributed by atoms with van der Waals surface area (Å²) in [5.41, 5.74) is 1.28. The van der Waals surface area contributed by atoms with Crippen molar-refractivity contribution in [2.24, 2.45) is 52.3 Å². The van der Waals surface area contributed by atoms with E-state index in [-0.39, 0.29) is 33.2 Å². The van der Waals surface area contributed by atoms with Gasteiger partial charge < -0.3 is 15.5 Å². The van der Waals surface area contributed by atoms with Crippen molar-refractivity contribution < 1.29 is 23.4 Å². The van der Waals surface area contributed by atoms with Crippen molar-refractivity contribution in [3.8, 4) is 10.4 Å². The van der Waals surface area contributed by atoms with E-state index in [1.54, 1.807) is 12.1 Å². The van der Waals surface area contributed by atoms with Crippen molar-refractivity contribution in [3.63, 3.8) is 0 Å². The molecule has 11 atom stereocenters. The number of aliphatic hydroxyl groups excluding tert-OH is 2. The van der Waals surface area contributed by atoms with Gasteiger partial charge in [-0.05, 0) is 121 Å². The third kappa shape index (κ3) is 5.89. The Balaban J connectivity index is 1.06. The number of hydrogen-bond acceptors (Lipinski definition) is 6. The molecule has 9 heteroatoms. The Bertz CT molecular complexity index is 1460. The molecule has 0 spiro atoms. The average Bonchev–Trinajstić information content (AvgIpc) is 3.64. The highest BCUT2D eigenvalue weighted by atomic mass is 32.2. The Morgan fingerprint density at radius 1 is 0.978 bits per heavy atom. The van der Waals surface area contributed by atoms with Gasteiger partial charge in [-0.25, -0.2) is 17.9 Å². The van der Waals surface area contributed by atoms with E-state index in [1.165, 1.54) is 6.42 Å². The zero-order valence-corrected chi connectivity index (χ0v) is 28.9. The Morgan fingerprint density at radius 3 is 2.42 bits per heavy atom. The number of urea groups is 1. The Labute approximate surface area is 273 Å². The molecule has 7 nitrogen and oxygen atoms in total. The molecule has 4 fully saturated rings. The lowest BCUT2D eigenvalue weighted by atomic mass is 9.41. The number of carbonyl (C=O) groups is 1. The summed E-state index contributed by atoms with van der Waals surface area (Å²) in [5, 5.41) is 25.3. The maximum absolute atomic E-state index is 12.9. The van der Waals surface area contributed by atoms with Crippen LogP contribution in [0.4, 0.5) is 4.79 Å². The lowest BCUT2D eigenvalue weighted by molar-refractivity contribution is -0.203. The second-order valence-electron chi connectivity index (χ2n) is 15.2. The maximum Gasteiger partial charge on any atom is 0.328 e. The van der Waals surface area contributed by atoms with E-state index in [0.717, 1.165) is 73.1 Å². The highest BCUT2D eigenvalue weighted by Crippen LogP contribution is 2.69. The summed E-state index contributed by atoms with van der Waals surface area (Å²) in [7, 11) is -3.96. The summed E-state index contributed by atoms with van der Waals surface area (Å²) in [4.78, 5) is 13.5. The van der Waals surface area contributed by atoms with E-state index < -0.39 is 16.1 Å². The number of fused-ring (bicyclic) bond motifs is 5. The molecular formula is C36H52N2O5S2. The van der Waals surface area contributed by atoms with Crippen molar-refractivity contribution in [1.29, 1.82) is 0 Å². The van der Waals surface area contributed by atoms with Crippen LogP contribution in [0.15, 0.2) is 46.7 Å². The smallest absolute Gasteiger partial charge is 0.328 e. The summed E-state index contributed by atoms with van der Waals surface area (Å²) in [6, 6.07) is 12.2. The lowest BCUT2D eigenvalue weighted by Crippen LogP contribution is -2.62. The van der Waals surface area contributed by atoms with Gasteiger partial charge in [-0.15, -0.1) is 11.3 Å². The molecule has 45 heavy (non-hydrogen) atoms. The molecule has 0 bridgehead atoms. The number of aliphatic hydroxyl groups is 2. The number of sulfonamides is 1. The van der Waals surface area contributed by atoms with Crippen LogP contribution in [0.25, 0.3) is 10.4 Å². The first-order valence-corrected chi connectivity index (χ1v) is 19.5. The summed E-state index contributed by atoms with van der Waals surface area (Å²) in [6.07, 6.45) is 8.58. The fourth-order valence-corrected chi connectivity index (χ4v) is 13.2. The second-order valence-corrected chi connectivity index (χ2v) is 18.2. The van der Waals surface area contributed by atoms with Crippen LogP contribution >= 0.6 is 11.3 Å². The number of thiophene rings is 1. The van der Waals surface area contributed by atoms with Crippen molar-refractivity contribution in [2.75, 3.05) is 6.54 Å². The first kappa shape index (κ1) is 33.0. The summed E-state index contributed by atoms with van der Waals surface area (Å²) in [5.74, 6) is 2.85. The minimum atomic E-state index is -3.96. The number of hydrogen-bond donors (Lipinski definition) is 4. The van der Waals surface area contributed by atoms with E-state index in [9.17, 15) is 23.4 Å². The molecule has 6 rings (SSSR count). The standard InChI is InChI=1S/C36H52N2O5S2/c1-5-25-29-21-24(39)15-18-36(29,4)28-16-19-35(3)26(11-12-27(35)32(28)33(25)40)22(2)17-20-37-34(41)38-45(42,43)31-14-13-30(44-31)23-9-7-6-8-10-23/h6-10,13-14,22,24-29,32-33,39-40H,5,11-12,15-21H2,1-4H3,(H2,37,38,41)/t22-,24-,25-,26?,27+,28+,29+,32+,33-,35-,36-/m1/s1. The lowest BCUT2D eigenvalue weighted by Gasteiger charge is -2.64. The Morgan fingerprint density at radius 2 is 1.69 bits per heavy atom. The molecule has 0 aliphatic heterocycles. The molecule has 4 N–H and O–H groups in total. The van der Waals surface area contributed by atoms with E-state index in [1.807, 2.05) is 30.3 Å². The third-order valence-electron chi connectivity index (χ3n) is 13.2. The highest BCUT2D eigenvalue weighted by Gasteiger charge is 2.64. The molecule has 2 amide bonds. The molecule has 0 radical (unpaired) electrons. The van der Waals surface area contributed by atoms with Crippen LogP contribution in [0.3, 0.4) is 0 Å². The van der Waals surface area contributed by atoms with Crippen molar-refractivity contribution in [2.45, 2.75) is 102 Å². The largest absolute Gasteiger partial charge is 0.393 e. The first-order chi connectivity index (χ1) is 21.4. The summed E-state index contributed by atoms with van der Waals surface area (Å²) < 4.78 is 28.1. The number of benzene rings is 1. The summed E-state index contributed by atoms with van der Waals surface area (Å²) >= 11 is 1.15. The molecule has 248 valence electrons. The van der Waals surface area contributed by atoms with Crippen molar-refractivity contribution >= 4 is 27.4 Å². The minimum absolute atomic E-state index is 0.116.